The second-order valence-corrected chi connectivity index (χ2v) is 2.29. The van der Waals surface area contributed by atoms with Crippen molar-refractivity contribution in [3.8, 4) is 0 Å². The van der Waals surface area contributed by atoms with Crippen molar-refractivity contribution in [3.05, 3.63) is 36.0 Å². The lowest BCUT2D eigenvalue weighted by Gasteiger charge is -2.01. The average molecular weight is 166 g/mol. The highest BCUT2D eigenvalue weighted by molar-refractivity contribution is 5.92. The molecule has 0 amide bonds. The zero-order valence-electron chi connectivity index (χ0n) is 7.76. The van der Waals surface area contributed by atoms with Gasteiger partial charge in [-0.2, -0.15) is 0 Å². The molecule has 0 saturated carbocycles. The lowest BCUT2D eigenvalue weighted by molar-refractivity contribution is -0.135. The summed E-state index contributed by atoms with van der Waals surface area (Å²) in [6, 6.07) is 0. The van der Waals surface area contributed by atoms with Gasteiger partial charge >= 0.3 is 5.97 Å². The molecule has 0 unspecified atom stereocenters. The van der Waals surface area contributed by atoms with Gasteiger partial charge in [0.2, 0.25) is 0 Å². The Hall–Kier alpha value is -1.31. The van der Waals surface area contributed by atoms with Gasteiger partial charge in [0, 0.05) is 0 Å². The van der Waals surface area contributed by atoms with Gasteiger partial charge in [-0.05, 0) is 19.4 Å². The lowest BCUT2D eigenvalue weighted by atomic mass is 10.1. The minimum Gasteiger partial charge on any atom is -0.465 e. The molecule has 0 bridgehead atoms. The van der Waals surface area contributed by atoms with Gasteiger partial charge in [0.1, 0.15) is 0 Å². The highest BCUT2D eigenvalue weighted by Crippen LogP contribution is 2.08. The first kappa shape index (κ1) is 10.7. The lowest BCUT2D eigenvalue weighted by Crippen LogP contribution is -2.04. The Labute approximate surface area is 73.2 Å². The van der Waals surface area contributed by atoms with E-state index in [0.717, 1.165) is 5.57 Å². The van der Waals surface area contributed by atoms with E-state index in [9.17, 15) is 4.79 Å². The minimum absolute atomic E-state index is 0.328. The second kappa shape index (κ2) is 5.35. The van der Waals surface area contributed by atoms with Crippen molar-refractivity contribution < 1.29 is 9.53 Å². The van der Waals surface area contributed by atoms with E-state index in [4.69, 9.17) is 0 Å². The van der Waals surface area contributed by atoms with Gasteiger partial charge in [-0.15, -0.1) is 0 Å². The Morgan fingerprint density at radius 2 is 2.08 bits per heavy atom. The second-order valence-electron chi connectivity index (χ2n) is 2.29. The van der Waals surface area contributed by atoms with Crippen LogP contribution in [0.3, 0.4) is 0 Å². The minimum atomic E-state index is -0.328. The van der Waals surface area contributed by atoms with Crippen LogP contribution in [0.2, 0.25) is 0 Å². The standard InChI is InChI=1S/C10H14O2/c1-5-7-9(8(3)6-2)10(11)12-4/h5-7H,2H2,1,3-4H3/b7-5-,9-8+. The maximum absolute atomic E-state index is 11.1. The number of methoxy groups -OCH3 is 1. The van der Waals surface area contributed by atoms with Crippen LogP contribution in [0.5, 0.6) is 0 Å². The summed E-state index contributed by atoms with van der Waals surface area (Å²) in [5, 5.41) is 0. The maximum Gasteiger partial charge on any atom is 0.338 e. The summed E-state index contributed by atoms with van der Waals surface area (Å²) in [4.78, 5) is 11.1. The van der Waals surface area contributed by atoms with Gasteiger partial charge in [0.05, 0.1) is 12.7 Å². The SMILES string of the molecule is C=C/C(C)=C(\C=C/C)C(=O)OC. The van der Waals surface area contributed by atoms with Crippen LogP contribution in [0.15, 0.2) is 36.0 Å². The number of hydrogen-bond donors (Lipinski definition) is 0. The summed E-state index contributed by atoms with van der Waals surface area (Å²) < 4.78 is 4.59. The third-order valence-electron chi connectivity index (χ3n) is 1.47. The Kier molecular flexibility index (Phi) is 4.77. The number of allylic oxidation sites excluding steroid dienone is 3. The van der Waals surface area contributed by atoms with Crippen LogP contribution in [0, 0.1) is 0 Å². The van der Waals surface area contributed by atoms with Gasteiger partial charge in [0.25, 0.3) is 0 Å². The average Bonchev–Trinajstić information content (AvgIpc) is 2.11. The highest BCUT2D eigenvalue weighted by atomic mass is 16.5. The molecule has 0 aliphatic rings. The van der Waals surface area contributed by atoms with E-state index in [1.165, 1.54) is 7.11 Å². The molecule has 0 aromatic rings. The van der Waals surface area contributed by atoms with E-state index >= 15 is 0 Å². The van der Waals surface area contributed by atoms with E-state index in [1.54, 1.807) is 18.2 Å². The van der Waals surface area contributed by atoms with E-state index in [0.29, 0.717) is 5.57 Å². The fourth-order valence-corrected chi connectivity index (χ4v) is 0.747. The van der Waals surface area contributed by atoms with Crippen LogP contribution in [0.25, 0.3) is 0 Å². The van der Waals surface area contributed by atoms with E-state index in [2.05, 4.69) is 11.3 Å². The van der Waals surface area contributed by atoms with Gasteiger partial charge in [-0.1, -0.05) is 24.8 Å². The van der Waals surface area contributed by atoms with Crippen molar-refractivity contribution in [3.63, 3.8) is 0 Å². The number of carbonyl (C=O) groups is 1. The normalized spacial score (nSPS) is 12.6. The highest BCUT2D eigenvalue weighted by Gasteiger charge is 2.07. The quantitative estimate of drug-likeness (QED) is 0.365. The van der Waals surface area contributed by atoms with Crippen LogP contribution in [0.1, 0.15) is 13.8 Å². The van der Waals surface area contributed by atoms with Crippen molar-refractivity contribution in [2.45, 2.75) is 13.8 Å². The predicted octanol–water partition coefficient (Wildman–Crippen LogP) is 2.24. The summed E-state index contributed by atoms with van der Waals surface area (Å²) in [7, 11) is 1.36. The molecule has 0 aliphatic carbocycles. The molecular formula is C10H14O2. The van der Waals surface area contributed by atoms with Crippen LogP contribution in [-0.4, -0.2) is 13.1 Å². The molecule has 0 aromatic heterocycles. The van der Waals surface area contributed by atoms with Crippen molar-refractivity contribution in [1.29, 1.82) is 0 Å². The molecule has 0 aliphatic heterocycles. The third kappa shape index (κ3) is 2.74. The third-order valence-corrected chi connectivity index (χ3v) is 1.47. The Morgan fingerprint density at radius 3 is 2.42 bits per heavy atom. The molecule has 0 aromatic carbocycles. The van der Waals surface area contributed by atoms with Crippen molar-refractivity contribution >= 4 is 5.97 Å². The van der Waals surface area contributed by atoms with E-state index < -0.39 is 0 Å². The summed E-state index contributed by atoms with van der Waals surface area (Å²) >= 11 is 0. The molecule has 0 fully saturated rings. The van der Waals surface area contributed by atoms with Crippen LogP contribution in [-0.2, 0) is 9.53 Å². The Morgan fingerprint density at radius 1 is 1.50 bits per heavy atom. The molecule has 0 spiro atoms. The number of esters is 1. The van der Waals surface area contributed by atoms with Crippen LogP contribution >= 0.6 is 0 Å². The summed E-state index contributed by atoms with van der Waals surface area (Å²) in [6.45, 7) is 7.25. The molecule has 0 heterocycles. The van der Waals surface area contributed by atoms with E-state index in [1.807, 2.05) is 13.8 Å². The molecule has 0 atom stereocenters. The smallest absolute Gasteiger partial charge is 0.338 e. The number of hydrogen-bond acceptors (Lipinski definition) is 2. The zero-order valence-corrected chi connectivity index (χ0v) is 7.76. The van der Waals surface area contributed by atoms with Crippen LogP contribution < -0.4 is 0 Å². The summed E-state index contributed by atoms with van der Waals surface area (Å²) in [5.41, 5.74) is 1.37. The first-order valence-electron chi connectivity index (χ1n) is 3.71. The number of carbonyl (C=O) groups excluding carboxylic acids is 1. The van der Waals surface area contributed by atoms with E-state index in [-0.39, 0.29) is 5.97 Å². The zero-order chi connectivity index (χ0) is 9.56. The maximum atomic E-state index is 11.1. The van der Waals surface area contributed by atoms with Crippen molar-refractivity contribution in [2.24, 2.45) is 0 Å². The fraction of sp³-hybridized carbons (Fsp3) is 0.300. The van der Waals surface area contributed by atoms with Gasteiger partial charge in [-0.25, -0.2) is 4.79 Å². The van der Waals surface area contributed by atoms with Gasteiger partial charge in [-0.3, -0.25) is 0 Å². The molecular weight excluding hydrogens is 152 g/mol. The molecule has 66 valence electrons. The molecule has 0 N–H and O–H groups in total. The first-order chi connectivity index (χ1) is 5.67. The Bertz CT molecular complexity index is 234. The largest absolute Gasteiger partial charge is 0.465 e. The van der Waals surface area contributed by atoms with Gasteiger partial charge in [0.15, 0.2) is 0 Å². The Balaban J connectivity index is 4.90. The van der Waals surface area contributed by atoms with Crippen molar-refractivity contribution in [1.82, 2.24) is 0 Å². The molecule has 0 rings (SSSR count). The predicted molar refractivity (Wildman–Crippen MR) is 49.7 cm³/mol. The molecule has 12 heavy (non-hydrogen) atoms. The molecule has 2 nitrogen and oxygen atoms in total. The monoisotopic (exact) mass is 166 g/mol. The van der Waals surface area contributed by atoms with Crippen LogP contribution in [0.4, 0.5) is 0 Å². The summed E-state index contributed by atoms with van der Waals surface area (Å²) in [6.07, 6.45) is 5.13. The van der Waals surface area contributed by atoms with Crippen molar-refractivity contribution in [2.75, 3.05) is 7.11 Å². The number of rotatable bonds is 3. The topological polar surface area (TPSA) is 26.3 Å². The molecule has 2 heteroatoms. The summed E-state index contributed by atoms with van der Waals surface area (Å²) in [5.74, 6) is -0.328. The first-order valence-corrected chi connectivity index (χ1v) is 3.71. The fourth-order valence-electron chi connectivity index (χ4n) is 0.747. The van der Waals surface area contributed by atoms with Gasteiger partial charge < -0.3 is 4.74 Å². The molecule has 0 saturated heterocycles. The molecule has 0 radical (unpaired) electrons. The number of ether oxygens (including phenoxy) is 1.